The summed E-state index contributed by atoms with van der Waals surface area (Å²) in [7, 11) is 1.59. The summed E-state index contributed by atoms with van der Waals surface area (Å²) >= 11 is 6.12. The number of carbonyl (C=O) groups is 1. The molecule has 0 saturated heterocycles. The van der Waals surface area contributed by atoms with Crippen LogP contribution in [-0.4, -0.2) is 29.7 Å². The van der Waals surface area contributed by atoms with E-state index < -0.39 is 5.97 Å². The molecule has 1 atom stereocenters. The summed E-state index contributed by atoms with van der Waals surface area (Å²) in [6.45, 7) is 4.25. The third-order valence-corrected chi connectivity index (χ3v) is 5.33. The van der Waals surface area contributed by atoms with E-state index in [9.17, 15) is 4.79 Å². The maximum Gasteiger partial charge on any atom is 0.357 e. The van der Waals surface area contributed by atoms with Gasteiger partial charge in [-0.05, 0) is 49.7 Å². The van der Waals surface area contributed by atoms with Gasteiger partial charge in [-0.25, -0.2) is 9.78 Å². The molecule has 0 aliphatic heterocycles. The molecule has 0 saturated carbocycles. The second-order valence-electron chi connectivity index (χ2n) is 7.17. The van der Waals surface area contributed by atoms with Crippen molar-refractivity contribution in [2.45, 2.75) is 26.6 Å². The quantitative estimate of drug-likeness (QED) is 0.367. The molecule has 1 N–H and O–H groups in total. The van der Waals surface area contributed by atoms with Crippen LogP contribution in [0.3, 0.4) is 0 Å². The summed E-state index contributed by atoms with van der Waals surface area (Å²) in [5, 5.41) is 2.46. The maximum absolute atomic E-state index is 12.5. The molecule has 2 aromatic carbocycles. The molecule has 0 aliphatic rings. The Morgan fingerprint density at radius 3 is 2.77 bits per heavy atom. The smallest absolute Gasteiger partial charge is 0.357 e. The highest BCUT2D eigenvalue weighted by Gasteiger charge is 2.20. The number of hydrogen-bond acceptors (Lipinski definition) is 5. The molecule has 4 rings (SSSR count). The average molecular weight is 439 g/mol. The number of nitrogens with zero attached hydrogens (tertiary/aromatic N) is 1. The zero-order chi connectivity index (χ0) is 22.0. The second kappa shape index (κ2) is 8.96. The Kier molecular flexibility index (Phi) is 6.11. The van der Waals surface area contributed by atoms with Crippen LogP contribution >= 0.6 is 11.6 Å². The Labute approximate surface area is 185 Å². The number of halogens is 1. The number of pyridine rings is 1. The van der Waals surface area contributed by atoms with Gasteiger partial charge in [-0.3, -0.25) is 0 Å². The minimum absolute atomic E-state index is 0.184. The van der Waals surface area contributed by atoms with Crippen LogP contribution in [0.1, 0.15) is 41.6 Å². The number of hydrogen-bond donors (Lipinski definition) is 1. The van der Waals surface area contributed by atoms with Crippen LogP contribution in [-0.2, 0) is 16.1 Å². The maximum atomic E-state index is 12.5. The first-order valence-electron chi connectivity index (χ1n) is 10.0. The van der Waals surface area contributed by atoms with Crippen LogP contribution in [0.5, 0.6) is 5.75 Å². The molecular formula is C24H23ClN2O4. The Balaban J connectivity index is 1.79. The van der Waals surface area contributed by atoms with E-state index >= 15 is 0 Å². The topological polar surface area (TPSA) is 73.4 Å². The predicted octanol–water partition coefficient (Wildman–Crippen LogP) is 5.83. The monoisotopic (exact) mass is 438 g/mol. The number of esters is 1. The summed E-state index contributed by atoms with van der Waals surface area (Å²) in [4.78, 5) is 20.1. The van der Waals surface area contributed by atoms with Crippen molar-refractivity contribution >= 4 is 39.4 Å². The molecular weight excluding hydrogens is 416 g/mol. The fourth-order valence-corrected chi connectivity index (χ4v) is 3.90. The molecule has 6 nitrogen and oxygen atoms in total. The fraction of sp³-hybridized carbons (Fsp3) is 0.250. The number of nitrogens with one attached hydrogen (secondary N) is 1. The molecule has 0 spiro atoms. The van der Waals surface area contributed by atoms with Gasteiger partial charge in [-0.2, -0.15) is 0 Å². The van der Waals surface area contributed by atoms with E-state index in [-0.39, 0.29) is 25.0 Å². The third kappa shape index (κ3) is 4.22. The van der Waals surface area contributed by atoms with E-state index in [2.05, 4.69) is 9.97 Å². The summed E-state index contributed by atoms with van der Waals surface area (Å²) in [5.74, 6) is 0.242. The number of fused-ring (bicyclic) bond motifs is 3. The number of aromatic amines is 1. The van der Waals surface area contributed by atoms with E-state index in [1.807, 2.05) is 49.4 Å². The fourth-order valence-electron chi connectivity index (χ4n) is 3.70. The van der Waals surface area contributed by atoms with Gasteiger partial charge in [-0.1, -0.05) is 23.7 Å². The van der Waals surface area contributed by atoms with Gasteiger partial charge in [0.1, 0.15) is 11.9 Å². The van der Waals surface area contributed by atoms with Gasteiger partial charge in [0.15, 0.2) is 5.69 Å². The summed E-state index contributed by atoms with van der Waals surface area (Å²) in [6, 6.07) is 13.4. The first-order valence-corrected chi connectivity index (χ1v) is 10.4. The van der Waals surface area contributed by atoms with Gasteiger partial charge in [0, 0.05) is 34.0 Å². The number of rotatable bonds is 7. The normalized spacial score (nSPS) is 12.3. The van der Waals surface area contributed by atoms with E-state index in [0.717, 1.165) is 27.4 Å². The summed E-state index contributed by atoms with van der Waals surface area (Å²) in [5.41, 5.74) is 3.66. The van der Waals surface area contributed by atoms with Crippen LogP contribution in [0.25, 0.3) is 21.8 Å². The Bertz CT molecular complexity index is 1250. The van der Waals surface area contributed by atoms with Crippen molar-refractivity contribution in [1.29, 1.82) is 0 Å². The molecule has 0 amide bonds. The standard InChI is InChI=1S/C24H23ClN2O4/c1-4-30-24(28)23-19(13-29-3)22-18-11-17(8-9-20(18)27-21(22)12-26-23)31-14(2)15-6-5-7-16(25)10-15/h5-12,14,27H,4,13H2,1-3H3. The SMILES string of the molecule is CCOC(=O)c1ncc2[nH]c3ccc(OC(C)c4cccc(Cl)c4)cc3c2c1COC. The van der Waals surface area contributed by atoms with Gasteiger partial charge in [0.25, 0.3) is 0 Å². The lowest BCUT2D eigenvalue weighted by molar-refractivity contribution is 0.0514. The second-order valence-corrected chi connectivity index (χ2v) is 7.61. The van der Waals surface area contributed by atoms with Crippen LogP contribution in [0.4, 0.5) is 0 Å². The Morgan fingerprint density at radius 2 is 2.03 bits per heavy atom. The molecule has 0 fully saturated rings. The molecule has 7 heteroatoms. The molecule has 31 heavy (non-hydrogen) atoms. The number of carbonyl (C=O) groups excluding carboxylic acids is 1. The number of methoxy groups -OCH3 is 1. The van der Waals surface area contributed by atoms with Crippen molar-refractivity contribution in [1.82, 2.24) is 9.97 Å². The zero-order valence-corrected chi connectivity index (χ0v) is 18.3. The molecule has 160 valence electrons. The van der Waals surface area contributed by atoms with Gasteiger partial charge < -0.3 is 19.2 Å². The lowest BCUT2D eigenvalue weighted by atomic mass is 10.1. The van der Waals surface area contributed by atoms with E-state index in [4.69, 9.17) is 25.8 Å². The Morgan fingerprint density at radius 1 is 1.19 bits per heavy atom. The van der Waals surface area contributed by atoms with Gasteiger partial charge in [-0.15, -0.1) is 0 Å². The molecule has 4 aromatic rings. The van der Waals surface area contributed by atoms with Crippen LogP contribution in [0, 0.1) is 0 Å². The van der Waals surface area contributed by atoms with Crippen molar-refractivity contribution in [2.24, 2.45) is 0 Å². The predicted molar refractivity (Wildman–Crippen MR) is 121 cm³/mol. The molecule has 2 heterocycles. The molecule has 0 aliphatic carbocycles. The molecule has 0 radical (unpaired) electrons. The van der Waals surface area contributed by atoms with Crippen molar-refractivity contribution in [2.75, 3.05) is 13.7 Å². The minimum Gasteiger partial charge on any atom is -0.486 e. The van der Waals surface area contributed by atoms with Crippen LogP contribution < -0.4 is 4.74 Å². The number of benzene rings is 2. The average Bonchev–Trinajstić information content (AvgIpc) is 3.12. The minimum atomic E-state index is -0.465. The number of H-pyrrole nitrogens is 1. The lowest BCUT2D eigenvalue weighted by Crippen LogP contribution is -2.11. The molecule has 1 unspecified atom stereocenters. The highest BCUT2D eigenvalue weighted by atomic mass is 35.5. The zero-order valence-electron chi connectivity index (χ0n) is 17.6. The molecule has 0 bridgehead atoms. The van der Waals surface area contributed by atoms with Crippen molar-refractivity contribution in [3.8, 4) is 5.75 Å². The van der Waals surface area contributed by atoms with E-state index in [0.29, 0.717) is 16.3 Å². The van der Waals surface area contributed by atoms with Crippen LogP contribution in [0.2, 0.25) is 5.02 Å². The van der Waals surface area contributed by atoms with Crippen molar-refractivity contribution < 1.29 is 19.0 Å². The van der Waals surface area contributed by atoms with Crippen molar-refractivity contribution in [3.63, 3.8) is 0 Å². The van der Waals surface area contributed by atoms with Gasteiger partial charge in [0.05, 0.1) is 24.9 Å². The van der Waals surface area contributed by atoms with Gasteiger partial charge in [0.2, 0.25) is 0 Å². The Hall–Kier alpha value is -3.09. The van der Waals surface area contributed by atoms with E-state index in [1.165, 1.54) is 0 Å². The number of ether oxygens (including phenoxy) is 3. The highest BCUT2D eigenvalue weighted by molar-refractivity contribution is 6.30. The third-order valence-electron chi connectivity index (χ3n) is 5.10. The first-order chi connectivity index (χ1) is 15.0. The van der Waals surface area contributed by atoms with E-state index in [1.54, 1.807) is 20.2 Å². The summed E-state index contributed by atoms with van der Waals surface area (Å²) in [6.07, 6.45) is 1.46. The first kappa shape index (κ1) is 21.2. The van der Waals surface area contributed by atoms with Gasteiger partial charge >= 0.3 is 5.97 Å². The summed E-state index contributed by atoms with van der Waals surface area (Å²) < 4.78 is 16.8. The number of aromatic nitrogens is 2. The van der Waals surface area contributed by atoms with Crippen molar-refractivity contribution in [3.05, 3.63) is 70.5 Å². The lowest BCUT2D eigenvalue weighted by Gasteiger charge is -2.15. The highest BCUT2D eigenvalue weighted by Crippen LogP contribution is 2.34. The largest absolute Gasteiger partial charge is 0.486 e. The molecule has 2 aromatic heterocycles. The van der Waals surface area contributed by atoms with Crippen LogP contribution in [0.15, 0.2) is 48.7 Å².